The van der Waals surface area contributed by atoms with Gasteiger partial charge in [0.05, 0.1) is 0 Å². The summed E-state index contributed by atoms with van der Waals surface area (Å²) in [5, 5.41) is 10.5. The van der Waals surface area contributed by atoms with Crippen molar-refractivity contribution in [2.45, 2.75) is 11.3 Å². The van der Waals surface area contributed by atoms with Gasteiger partial charge in [0.25, 0.3) is 0 Å². The molecule has 0 saturated heterocycles. The van der Waals surface area contributed by atoms with Crippen molar-refractivity contribution in [1.82, 2.24) is 5.32 Å². The average Bonchev–Trinajstić information content (AvgIpc) is 2.24. The maximum Gasteiger partial charge on any atom is 0.573 e. The molecule has 1 amide bonds. The SMILES string of the molecule is O=C(O)NCCSc1ccc(OC(F)(F)F)cc1. The van der Waals surface area contributed by atoms with Crippen molar-refractivity contribution >= 4 is 17.9 Å². The summed E-state index contributed by atoms with van der Waals surface area (Å²) in [7, 11) is 0. The van der Waals surface area contributed by atoms with Crippen LogP contribution in [-0.4, -0.2) is 29.9 Å². The molecule has 0 unspecified atom stereocenters. The molecule has 1 aromatic carbocycles. The van der Waals surface area contributed by atoms with E-state index in [4.69, 9.17) is 5.11 Å². The number of nitrogens with one attached hydrogen (secondary N) is 1. The van der Waals surface area contributed by atoms with E-state index in [-0.39, 0.29) is 12.3 Å². The number of carboxylic acid groups (broad SMARTS) is 1. The molecular formula is C10H10F3NO3S. The molecule has 0 fully saturated rings. The first-order chi connectivity index (χ1) is 8.37. The van der Waals surface area contributed by atoms with E-state index in [1.807, 2.05) is 0 Å². The Morgan fingerprint density at radius 2 is 1.94 bits per heavy atom. The molecule has 0 aromatic heterocycles. The van der Waals surface area contributed by atoms with Crippen LogP contribution in [0.2, 0.25) is 0 Å². The fourth-order valence-electron chi connectivity index (χ4n) is 1.06. The topological polar surface area (TPSA) is 58.6 Å². The van der Waals surface area contributed by atoms with Gasteiger partial charge in [-0.2, -0.15) is 0 Å². The van der Waals surface area contributed by atoms with Crippen molar-refractivity contribution in [1.29, 1.82) is 0 Å². The zero-order valence-corrected chi connectivity index (χ0v) is 9.85. The summed E-state index contributed by atoms with van der Waals surface area (Å²) in [5.41, 5.74) is 0. The van der Waals surface area contributed by atoms with Crippen LogP contribution in [0.1, 0.15) is 0 Å². The molecule has 1 aromatic rings. The molecule has 4 nitrogen and oxygen atoms in total. The van der Waals surface area contributed by atoms with Crippen molar-refractivity contribution in [2.75, 3.05) is 12.3 Å². The van der Waals surface area contributed by atoms with E-state index in [9.17, 15) is 18.0 Å². The van der Waals surface area contributed by atoms with Gasteiger partial charge in [-0.1, -0.05) is 0 Å². The fraction of sp³-hybridized carbons (Fsp3) is 0.300. The average molecular weight is 281 g/mol. The van der Waals surface area contributed by atoms with Crippen LogP contribution < -0.4 is 10.1 Å². The third-order valence-corrected chi connectivity index (χ3v) is 2.72. The predicted octanol–water partition coefficient (Wildman–Crippen LogP) is 2.94. The molecule has 0 radical (unpaired) electrons. The van der Waals surface area contributed by atoms with E-state index in [1.165, 1.54) is 36.0 Å². The Morgan fingerprint density at radius 1 is 1.33 bits per heavy atom. The highest BCUT2D eigenvalue weighted by Crippen LogP contribution is 2.25. The molecule has 0 aliphatic heterocycles. The van der Waals surface area contributed by atoms with Crippen LogP contribution in [0, 0.1) is 0 Å². The van der Waals surface area contributed by atoms with E-state index in [0.717, 1.165) is 4.90 Å². The molecular weight excluding hydrogens is 271 g/mol. The Hall–Kier alpha value is -1.57. The first-order valence-corrected chi connectivity index (χ1v) is 5.81. The molecule has 0 heterocycles. The van der Waals surface area contributed by atoms with Crippen LogP contribution in [0.5, 0.6) is 5.75 Å². The Morgan fingerprint density at radius 3 is 2.44 bits per heavy atom. The standard InChI is InChI=1S/C10H10F3NO3S/c11-10(12,13)17-7-1-3-8(4-2-7)18-6-5-14-9(15)16/h1-4,14H,5-6H2,(H,15,16). The summed E-state index contributed by atoms with van der Waals surface area (Å²) in [5.74, 6) is 0.210. The normalized spacial score (nSPS) is 11.1. The predicted molar refractivity (Wildman–Crippen MR) is 59.9 cm³/mol. The Kier molecular flexibility index (Phi) is 5.14. The molecule has 18 heavy (non-hydrogen) atoms. The van der Waals surface area contributed by atoms with Gasteiger partial charge < -0.3 is 15.2 Å². The van der Waals surface area contributed by atoms with Crippen LogP contribution >= 0.6 is 11.8 Å². The van der Waals surface area contributed by atoms with E-state index in [2.05, 4.69) is 10.1 Å². The number of hydrogen-bond acceptors (Lipinski definition) is 3. The van der Waals surface area contributed by atoms with Crippen LogP contribution in [0.3, 0.4) is 0 Å². The number of hydrogen-bond donors (Lipinski definition) is 2. The molecule has 1 rings (SSSR count). The number of benzene rings is 1. The lowest BCUT2D eigenvalue weighted by atomic mass is 10.3. The minimum Gasteiger partial charge on any atom is -0.465 e. The van der Waals surface area contributed by atoms with Crippen molar-refractivity contribution in [2.24, 2.45) is 0 Å². The van der Waals surface area contributed by atoms with Gasteiger partial charge in [-0.25, -0.2) is 4.79 Å². The highest BCUT2D eigenvalue weighted by atomic mass is 32.2. The van der Waals surface area contributed by atoms with E-state index < -0.39 is 12.5 Å². The number of rotatable bonds is 5. The second-order valence-electron chi connectivity index (χ2n) is 3.10. The van der Waals surface area contributed by atoms with Crippen LogP contribution in [0.25, 0.3) is 0 Å². The zero-order chi connectivity index (χ0) is 13.6. The highest BCUT2D eigenvalue weighted by Gasteiger charge is 2.30. The Bertz CT molecular complexity index is 394. The second kappa shape index (κ2) is 6.39. The number of carbonyl (C=O) groups is 1. The molecule has 0 aliphatic rings. The second-order valence-corrected chi connectivity index (χ2v) is 4.27. The summed E-state index contributed by atoms with van der Waals surface area (Å²) in [6.45, 7) is 0.265. The summed E-state index contributed by atoms with van der Waals surface area (Å²) < 4.78 is 39.3. The number of thioether (sulfide) groups is 1. The summed E-state index contributed by atoms with van der Waals surface area (Å²) >= 11 is 1.33. The third kappa shape index (κ3) is 6.24. The summed E-state index contributed by atoms with van der Waals surface area (Å²) in [6.07, 6.45) is -5.80. The maximum atomic E-state index is 11.9. The van der Waals surface area contributed by atoms with Gasteiger partial charge in [-0.15, -0.1) is 24.9 Å². The van der Waals surface area contributed by atoms with Crippen molar-refractivity contribution in [3.63, 3.8) is 0 Å². The van der Waals surface area contributed by atoms with E-state index in [1.54, 1.807) is 0 Å². The van der Waals surface area contributed by atoms with Gasteiger partial charge in [0.2, 0.25) is 0 Å². The Balaban J connectivity index is 2.38. The molecule has 8 heteroatoms. The van der Waals surface area contributed by atoms with Crippen LogP contribution in [0.4, 0.5) is 18.0 Å². The monoisotopic (exact) mass is 281 g/mol. The first-order valence-electron chi connectivity index (χ1n) is 4.82. The molecule has 0 aliphatic carbocycles. The zero-order valence-electron chi connectivity index (χ0n) is 9.03. The fourth-order valence-corrected chi connectivity index (χ4v) is 1.83. The highest BCUT2D eigenvalue weighted by molar-refractivity contribution is 7.99. The largest absolute Gasteiger partial charge is 0.573 e. The van der Waals surface area contributed by atoms with Crippen molar-refractivity contribution in [3.8, 4) is 5.75 Å². The van der Waals surface area contributed by atoms with Crippen LogP contribution in [-0.2, 0) is 0 Å². The number of amides is 1. The van der Waals surface area contributed by atoms with Crippen molar-refractivity contribution in [3.05, 3.63) is 24.3 Å². The van der Waals surface area contributed by atoms with Gasteiger partial charge >= 0.3 is 12.5 Å². The number of alkyl halides is 3. The number of ether oxygens (including phenoxy) is 1. The third-order valence-electron chi connectivity index (χ3n) is 1.70. The smallest absolute Gasteiger partial charge is 0.465 e. The van der Waals surface area contributed by atoms with Gasteiger partial charge in [0.15, 0.2) is 0 Å². The summed E-state index contributed by atoms with van der Waals surface area (Å²) in [4.78, 5) is 10.9. The summed E-state index contributed by atoms with van der Waals surface area (Å²) in [6, 6.07) is 5.37. The molecule has 0 atom stereocenters. The molecule has 0 saturated carbocycles. The maximum absolute atomic E-state index is 11.9. The van der Waals surface area contributed by atoms with Crippen LogP contribution in [0.15, 0.2) is 29.2 Å². The van der Waals surface area contributed by atoms with Gasteiger partial charge in [-0.05, 0) is 24.3 Å². The quantitative estimate of drug-likeness (QED) is 0.643. The van der Waals surface area contributed by atoms with E-state index in [0.29, 0.717) is 5.75 Å². The molecule has 2 N–H and O–H groups in total. The lowest BCUT2D eigenvalue weighted by molar-refractivity contribution is -0.274. The minimum absolute atomic E-state index is 0.265. The molecule has 0 spiro atoms. The lowest BCUT2D eigenvalue weighted by Gasteiger charge is -2.09. The molecule has 100 valence electrons. The lowest BCUT2D eigenvalue weighted by Crippen LogP contribution is -2.23. The number of halogens is 3. The van der Waals surface area contributed by atoms with E-state index >= 15 is 0 Å². The van der Waals surface area contributed by atoms with Gasteiger partial charge in [-0.3, -0.25) is 0 Å². The molecule has 0 bridgehead atoms. The first kappa shape index (κ1) is 14.5. The minimum atomic E-state index is -4.69. The van der Waals surface area contributed by atoms with Gasteiger partial charge in [0.1, 0.15) is 5.75 Å². The van der Waals surface area contributed by atoms with Crippen molar-refractivity contribution < 1.29 is 27.8 Å². The Labute approximate surface area is 105 Å². The van der Waals surface area contributed by atoms with Gasteiger partial charge in [0, 0.05) is 17.2 Å².